The van der Waals surface area contributed by atoms with Crippen LogP contribution < -0.4 is 0 Å². The Balaban J connectivity index is 2.99. The van der Waals surface area contributed by atoms with Gasteiger partial charge in [-0.25, -0.2) is 0 Å². The smallest absolute Gasteiger partial charge is 0.0655 e. The summed E-state index contributed by atoms with van der Waals surface area (Å²) in [5, 5.41) is 1.28. The number of aryl methyl sites for hydroxylation is 1. The van der Waals surface area contributed by atoms with Gasteiger partial charge in [-0.2, -0.15) is 0 Å². The third-order valence-corrected chi connectivity index (χ3v) is 1.61. The monoisotopic (exact) mass is 120 g/mol. The minimum atomic E-state index is 1.26. The van der Waals surface area contributed by atoms with Gasteiger partial charge >= 0.3 is 0 Å². The van der Waals surface area contributed by atoms with Crippen LogP contribution in [0.1, 0.15) is 0 Å². The van der Waals surface area contributed by atoms with Gasteiger partial charge in [0.25, 0.3) is 0 Å². The first-order valence-corrected chi connectivity index (χ1v) is 2.96. The van der Waals surface area contributed by atoms with Gasteiger partial charge in [-0.3, -0.25) is 0 Å². The number of aromatic amines is 1. The Morgan fingerprint density at radius 1 is 1.44 bits per heavy atom. The fourth-order valence-electron chi connectivity index (χ4n) is 1.08. The minimum Gasteiger partial charge on any atom is -0.365 e. The molecule has 46 valence electrons. The fraction of sp³-hybridized carbons (Fsp3) is 0.143. The van der Waals surface area contributed by atoms with E-state index < -0.39 is 0 Å². The minimum absolute atomic E-state index is 1.26. The first-order chi connectivity index (χ1) is 4.38. The van der Waals surface area contributed by atoms with Crippen molar-refractivity contribution in [3.63, 3.8) is 0 Å². The van der Waals surface area contributed by atoms with Gasteiger partial charge in [0.05, 0.1) is 5.52 Å². The summed E-state index contributed by atoms with van der Waals surface area (Å²) in [5.74, 6) is 0. The van der Waals surface area contributed by atoms with Gasteiger partial charge in [-0.1, -0.05) is 0 Å². The molecule has 0 saturated carbocycles. The molecule has 2 heteroatoms. The third-order valence-electron chi connectivity index (χ3n) is 1.61. The van der Waals surface area contributed by atoms with Gasteiger partial charge in [0.15, 0.2) is 0 Å². The summed E-state index contributed by atoms with van der Waals surface area (Å²) in [7, 11) is 2.04. The van der Waals surface area contributed by atoms with Crippen molar-refractivity contribution >= 4 is 10.9 Å². The predicted octanol–water partition coefficient (Wildman–Crippen LogP) is 1.51. The molecule has 9 heavy (non-hydrogen) atoms. The van der Waals surface area contributed by atoms with Gasteiger partial charge in [0.2, 0.25) is 0 Å². The number of hydrogen-bond acceptors (Lipinski definition) is 0. The van der Waals surface area contributed by atoms with Crippen molar-refractivity contribution in [2.24, 2.45) is 7.05 Å². The van der Waals surface area contributed by atoms with Crippen LogP contribution in [0.15, 0.2) is 24.7 Å². The summed E-state index contributed by atoms with van der Waals surface area (Å²) in [6, 6.07) is 2.09. The van der Waals surface area contributed by atoms with Gasteiger partial charge < -0.3 is 9.55 Å². The van der Waals surface area contributed by atoms with Crippen molar-refractivity contribution in [1.82, 2.24) is 9.55 Å². The molecule has 0 amide bonds. The highest BCUT2D eigenvalue weighted by Gasteiger charge is 1.94. The van der Waals surface area contributed by atoms with Crippen LogP contribution in [0.2, 0.25) is 0 Å². The molecule has 0 atom stereocenters. The number of H-pyrrole nitrogens is 1. The lowest BCUT2D eigenvalue weighted by Crippen LogP contribution is -1.79. The average Bonchev–Trinajstić information content (AvgIpc) is 2.35. The molecule has 0 unspecified atom stereocenters. The average molecular weight is 120 g/mol. The molecule has 2 nitrogen and oxygen atoms in total. The van der Waals surface area contributed by atoms with E-state index >= 15 is 0 Å². The van der Waals surface area contributed by atoms with Crippen LogP contribution in [0, 0.1) is 0 Å². The zero-order valence-corrected chi connectivity index (χ0v) is 5.26. The molecule has 0 spiro atoms. The van der Waals surface area contributed by atoms with Gasteiger partial charge in [0.1, 0.15) is 0 Å². The molecule has 2 aromatic heterocycles. The summed E-state index contributed by atoms with van der Waals surface area (Å²) < 4.78 is 2.09. The number of aromatic nitrogens is 2. The van der Waals surface area contributed by atoms with Crippen molar-refractivity contribution in [3.8, 4) is 0 Å². The number of nitrogens with zero attached hydrogens (tertiary/aromatic N) is 1. The second-order valence-corrected chi connectivity index (χ2v) is 2.22. The van der Waals surface area contributed by atoms with Crippen LogP contribution in [0.5, 0.6) is 0 Å². The number of hydrogen-bond donors (Lipinski definition) is 1. The molecule has 0 aliphatic heterocycles. The largest absolute Gasteiger partial charge is 0.365 e. The molecule has 0 aliphatic rings. The Bertz CT molecular complexity index is 316. The van der Waals surface area contributed by atoms with Crippen LogP contribution in [-0.4, -0.2) is 9.55 Å². The van der Waals surface area contributed by atoms with E-state index in [0.29, 0.717) is 0 Å². The molecular formula is C7H8N2. The lowest BCUT2D eigenvalue weighted by atomic mass is 10.4. The van der Waals surface area contributed by atoms with Crippen molar-refractivity contribution in [1.29, 1.82) is 0 Å². The maximum atomic E-state index is 3.04. The molecule has 0 aliphatic carbocycles. The Kier molecular flexibility index (Phi) is 0.730. The molecule has 0 aromatic carbocycles. The number of rotatable bonds is 0. The molecule has 0 bridgehead atoms. The van der Waals surface area contributed by atoms with Crippen molar-refractivity contribution in [3.05, 3.63) is 24.7 Å². The summed E-state index contributed by atoms with van der Waals surface area (Å²) >= 11 is 0. The van der Waals surface area contributed by atoms with Crippen LogP contribution in [0.25, 0.3) is 10.9 Å². The highest BCUT2D eigenvalue weighted by atomic mass is 14.9. The van der Waals surface area contributed by atoms with E-state index in [2.05, 4.69) is 21.8 Å². The first-order valence-electron chi connectivity index (χ1n) is 2.96. The van der Waals surface area contributed by atoms with Crippen molar-refractivity contribution in [2.45, 2.75) is 0 Å². The quantitative estimate of drug-likeness (QED) is 0.544. The van der Waals surface area contributed by atoms with Crippen LogP contribution in [-0.2, 0) is 7.05 Å². The van der Waals surface area contributed by atoms with Crippen molar-refractivity contribution < 1.29 is 0 Å². The van der Waals surface area contributed by atoms with E-state index in [9.17, 15) is 0 Å². The van der Waals surface area contributed by atoms with E-state index in [0.717, 1.165) is 0 Å². The second kappa shape index (κ2) is 1.41. The molecule has 2 aromatic rings. The van der Waals surface area contributed by atoms with E-state index in [4.69, 9.17) is 0 Å². The maximum absolute atomic E-state index is 3.04. The summed E-state index contributed by atoms with van der Waals surface area (Å²) in [5.41, 5.74) is 1.26. The number of nitrogens with one attached hydrogen (secondary N) is 1. The van der Waals surface area contributed by atoms with Gasteiger partial charge in [-0.15, -0.1) is 0 Å². The zero-order chi connectivity index (χ0) is 6.27. The molecule has 1 N–H and O–H groups in total. The van der Waals surface area contributed by atoms with Gasteiger partial charge in [0, 0.05) is 31.0 Å². The van der Waals surface area contributed by atoms with E-state index in [-0.39, 0.29) is 0 Å². The van der Waals surface area contributed by atoms with E-state index in [1.807, 2.05) is 19.4 Å². The van der Waals surface area contributed by atoms with E-state index in [1.54, 1.807) is 0 Å². The Morgan fingerprint density at radius 3 is 3.11 bits per heavy atom. The topological polar surface area (TPSA) is 20.7 Å². The zero-order valence-electron chi connectivity index (χ0n) is 5.26. The third kappa shape index (κ3) is 0.499. The highest BCUT2D eigenvalue weighted by Crippen LogP contribution is 2.11. The summed E-state index contributed by atoms with van der Waals surface area (Å²) in [6.07, 6.45) is 6.04. The lowest BCUT2D eigenvalue weighted by molar-refractivity contribution is 0.968. The molecule has 2 rings (SSSR count). The first kappa shape index (κ1) is 4.68. The Hall–Kier alpha value is -1.18. The van der Waals surface area contributed by atoms with Crippen molar-refractivity contribution in [2.75, 3.05) is 0 Å². The number of fused-ring (bicyclic) bond motifs is 1. The molecular weight excluding hydrogens is 112 g/mol. The SMILES string of the molecule is Cn1ccc2c[nH]cc21. The van der Waals surface area contributed by atoms with E-state index in [1.165, 1.54) is 10.9 Å². The predicted molar refractivity (Wildman–Crippen MR) is 37.3 cm³/mol. The Morgan fingerprint density at radius 2 is 2.33 bits per heavy atom. The van der Waals surface area contributed by atoms with Gasteiger partial charge in [-0.05, 0) is 6.07 Å². The van der Waals surface area contributed by atoms with Crippen LogP contribution in [0.3, 0.4) is 0 Å². The molecule has 0 radical (unpaired) electrons. The Labute approximate surface area is 53.1 Å². The molecule has 0 saturated heterocycles. The second-order valence-electron chi connectivity index (χ2n) is 2.22. The molecule has 2 heterocycles. The van der Waals surface area contributed by atoms with Crippen LogP contribution >= 0.6 is 0 Å². The standard InChI is InChI=1S/C7H8N2/c1-9-3-2-6-4-8-5-7(6)9/h2-5,8H,1H3. The summed E-state index contributed by atoms with van der Waals surface area (Å²) in [6.45, 7) is 0. The normalized spacial score (nSPS) is 10.8. The molecule has 0 fully saturated rings. The summed E-state index contributed by atoms with van der Waals surface area (Å²) in [4.78, 5) is 3.04. The lowest BCUT2D eigenvalue weighted by Gasteiger charge is -1.86. The van der Waals surface area contributed by atoms with Crippen LogP contribution in [0.4, 0.5) is 0 Å². The fourth-order valence-corrected chi connectivity index (χ4v) is 1.08. The highest BCUT2D eigenvalue weighted by molar-refractivity contribution is 5.79. The maximum Gasteiger partial charge on any atom is 0.0655 e.